The van der Waals surface area contributed by atoms with Gasteiger partial charge in [-0.15, -0.1) is 11.8 Å². The van der Waals surface area contributed by atoms with Gasteiger partial charge in [0.2, 0.25) is 0 Å². The fourth-order valence-electron chi connectivity index (χ4n) is 3.62. The molecule has 0 radical (unpaired) electrons. The van der Waals surface area contributed by atoms with Gasteiger partial charge in [0, 0.05) is 17.9 Å². The number of carbonyl (C=O) groups is 2. The van der Waals surface area contributed by atoms with Crippen LogP contribution in [0.5, 0.6) is 0 Å². The maximum absolute atomic E-state index is 13.5. The number of anilines is 1. The van der Waals surface area contributed by atoms with Crippen LogP contribution < -0.4 is 4.90 Å². The van der Waals surface area contributed by atoms with Gasteiger partial charge in [0.1, 0.15) is 0 Å². The Balaban J connectivity index is 1.72. The summed E-state index contributed by atoms with van der Waals surface area (Å²) in [5, 5.41) is 11.0. The lowest BCUT2D eigenvalue weighted by molar-refractivity contribution is -0.384. The summed E-state index contributed by atoms with van der Waals surface area (Å²) < 4.78 is 0. The van der Waals surface area contributed by atoms with Crippen molar-refractivity contribution in [2.45, 2.75) is 25.5 Å². The van der Waals surface area contributed by atoms with E-state index >= 15 is 0 Å². The molecule has 0 atom stereocenters. The highest BCUT2D eigenvalue weighted by Crippen LogP contribution is 2.40. The Morgan fingerprint density at radius 3 is 2.09 bits per heavy atom. The lowest BCUT2D eigenvalue weighted by Gasteiger charge is -2.16. The van der Waals surface area contributed by atoms with Crippen LogP contribution in [0.4, 0.5) is 11.4 Å². The van der Waals surface area contributed by atoms with Crippen molar-refractivity contribution >= 4 is 40.5 Å². The second-order valence-electron chi connectivity index (χ2n) is 7.97. The highest BCUT2D eigenvalue weighted by atomic mass is 32.2. The molecule has 2 amide bonds. The zero-order valence-corrected chi connectivity index (χ0v) is 19.0. The summed E-state index contributed by atoms with van der Waals surface area (Å²) in [6.45, 7) is 4.15. The molecule has 3 aromatic carbocycles. The predicted octanol–water partition coefficient (Wildman–Crippen LogP) is 5.94. The standard InChI is InChI=1S/C26H22N2O4S/c1-17(2)19-8-12-21(13-9-19)27-25(29)23(20-10-14-22(15-11-20)28(31)32)24(26(27)30)33-16-18-6-4-3-5-7-18/h3-15,17H,16H2,1-2H3. The van der Waals surface area contributed by atoms with Crippen LogP contribution in [-0.4, -0.2) is 16.7 Å². The van der Waals surface area contributed by atoms with E-state index in [2.05, 4.69) is 13.8 Å². The molecule has 1 aliphatic heterocycles. The molecule has 0 saturated carbocycles. The summed E-state index contributed by atoms with van der Waals surface area (Å²) in [5.41, 5.74) is 3.32. The minimum absolute atomic E-state index is 0.0734. The zero-order chi connectivity index (χ0) is 23.5. The van der Waals surface area contributed by atoms with Gasteiger partial charge in [0.25, 0.3) is 17.5 Å². The van der Waals surface area contributed by atoms with E-state index in [1.165, 1.54) is 40.9 Å². The van der Waals surface area contributed by atoms with Crippen LogP contribution in [0.25, 0.3) is 5.57 Å². The van der Waals surface area contributed by atoms with Crippen molar-refractivity contribution in [1.82, 2.24) is 0 Å². The molecule has 0 aliphatic carbocycles. The first-order chi connectivity index (χ1) is 15.9. The third-order valence-corrected chi connectivity index (χ3v) is 6.60. The lowest BCUT2D eigenvalue weighted by Crippen LogP contribution is -2.31. The maximum atomic E-state index is 13.5. The normalized spacial score (nSPS) is 13.8. The second kappa shape index (κ2) is 9.42. The number of carbonyl (C=O) groups excluding carboxylic acids is 2. The van der Waals surface area contributed by atoms with E-state index in [9.17, 15) is 19.7 Å². The van der Waals surface area contributed by atoms with Crippen LogP contribution in [0.1, 0.15) is 36.5 Å². The Morgan fingerprint density at radius 2 is 1.52 bits per heavy atom. The molecule has 6 nitrogen and oxygen atoms in total. The SMILES string of the molecule is CC(C)c1ccc(N2C(=O)C(SCc3ccccc3)=C(c3ccc([N+](=O)[O-])cc3)C2=O)cc1. The molecule has 0 bridgehead atoms. The Morgan fingerprint density at radius 1 is 0.879 bits per heavy atom. The van der Waals surface area contributed by atoms with Gasteiger partial charge in [-0.3, -0.25) is 19.7 Å². The van der Waals surface area contributed by atoms with Gasteiger partial charge in [-0.05, 0) is 46.9 Å². The number of non-ortho nitro benzene ring substituents is 1. The number of nitro benzene ring substituents is 1. The fourth-order valence-corrected chi connectivity index (χ4v) is 4.69. The minimum Gasteiger partial charge on any atom is -0.268 e. The molecule has 7 heteroatoms. The third-order valence-electron chi connectivity index (χ3n) is 5.45. The van der Waals surface area contributed by atoms with Crippen LogP contribution in [0.15, 0.2) is 83.8 Å². The molecule has 1 heterocycles. The number of hydrogen-bond acceptors (Lipinski definition) is 5. The lowest BCUT2D eigenvalue weighted by atomic mass is 10.0. The van der Waals surface area contributed by atoms with Gasteiger partial charge < -0.3 is 0 Å². The highest BCUT2D eigenvalue weighted by molar-refractivity contribution is 8.03. The molecule has 1 aliphatic rings. The highest BCUT2D eigenvalue weighted by Gasteiger charge is 2.40. The van der Waals surface area contributed by atoms with E-state index in [1.54, 1.807) is 12.1 Å². The van der Waals surface area contributed by atoms with E-state index in [4.69, 9.17) is 0 Å². The van der Waals surface area contributed by atoms with Crippen LogP contribution in [0.2, 0.25) is 0 Å². The van der Waals surface area contributed by atoms with Gasteiger partial charge in [0.05, 0.1) is 21.1 Å². The van der Waals surface area contributed by atoms with Gasteiger partial charge in [-0.1, -0.05) is 56.3 Å². The zero-order valence-electron chi connectivity index (χ0n) is 18.2. The van der Waals surface area contributed by atoms with Gasteiger partial charge in [-0.2, -0.15) is 0 Å². The quantitative estimate of drug-likeness (QED) is 0.249. The van der Waals surface area contributed by atoms with E-state index in [-0.39, 0.29) is 17.2 Å². The van der Waals surface area contributed by atoms with Crippen LogP contribution in [-0.2, 0) is 15.3 Å². The first-order valence-corrected chi connectivity index (χ1v) is 11.5. The Hall–Kier alpha value is -3.71. The number of nitrogens with zero attached hydrogens (tertiary/aromatic N) is 2. The fraction of sp³-hybridized carbons (Fsp3) is 0.154. The van der Waals surface area contributed by atoms with Crippen molar-refractivity contribution in [3.05, 3.63) is 111 Å². The predicted molar refractivity (Wildman–Crippen MR) is 131 cm³/mol. The largest absolute Gasteiger partial charge is 0.272 e. The number of amides is 2. The monoisotopic (exact) mass is 458 g/mol. The molecule has 0 aromatic heterocycles. The number of imide groups is 1. The van der Waals surface area contributed by atoms with E-state index in [0.717, 1.165) is 11.1 Å². The summed E-state index contributed by atoms with van der Waals surface area (Å²) in [6, 6.07) is 22.8. The van der Waals surface area contributed by atoms with E-state index in [0.29, 0.717) is 27.8 Å². The molecule has 0 spiro atoms. The summed E-state index contributed by atoms with van der Waals surface area (Å²) >= 11 is 1.30. The maximum Gasteiger partial charge on any atom is 0.272 e. The smallest absolute Gasteiger partial charge is 0.268 e. The summed E-state index contributed by atoms with van der Waals surface area (Å²) in [4.78, 5) is 39.0. The molecular weight excluding hydrogens is 436 g/mol. The number of rotatable bonds is 7. The molecular formula is C26H22N2O4S. The molecule has 0 N–H and O–H groups in total. The number of thioether (sulfide) groups is 1. The number of nitro groups is 1. The van der Waals surface area contributed by atoms with Crippen LogP contribution in [0.3, 0.4) is 0 Å². The third kappa shape index (κ3) is 4.59. The Bertz CT molecular complexity index is 1230. The van der Waals surface area contributed by atoms with Gasteiger partial charge >= 0.3 is 0 Å². The second-order valence-corrected chi connectivity index (χ2v) is 8.96. The molecule has 166 valence electrons. The van der Waals surface area contributed by atoms with Crippen LogP contribution >= 0.6 is 11.8 Å². The molecule has 0 unspecified atom stereocenters. The van der Waals surface area contributed by atoms with Crippen molar-refractivity contribution in [3.63, 3.8) is 0 Å². The Labute approximate surface area is 196 Å². The average Bonchev–Trinajstić information content (AvgIpc) is 3.07. The number of hydrogen-bond donors (Lipinski definition) is 0. The minimum atomic E-state index is -0.493. The van der Waals surface area contributed by atoms with Crippen molar-refractivity contribution in [2.24, 2.45) is 0 Å². The molecule has 0 fully saturated rings. The van der Waals surface area contributed by atoms with Crippen LogP contribution in [0, 0.1) is 10.1 Å². The van der Waals surface area contributed by atoms with Gasteiger partial charge in [-0.25, -0.2) is 4.90 Å². The molecule has 4 rings (SSSR count). The summed E-state index contributed by atoms with van der Waals surface area (Å²) in [5.74, 6) is 0.0364. The van der Waals surface area contributed by atoms with Crippen molar-refractivity contribution < 1.29 is 14.5 Å². The molecule has 33 heavy (non-hydrogen) atoms. The topological polar surface area (TPSA) is 80.5 Å². The summed E-state index contributed by atoms with van der Waals surface area (Å²) in [7, 11) is 0. The average molecular weight is 459 g/mol. The summed E-state index contributed by atoms with van der Waals surface area (Å²) in [6.07, 6.45) is 0. The first kappa shape index (κ1) is 22.5. The Kier molecular flexibility index (Phi) is 6.42. The van der Waals surface area contributed by atoms with Gasteiger partial charge in [0.15, 0.2) is 0 Å². The molecule has 3 aromatic rings. The van der Waals surface area contributed by atoms with E-state index < -0.39 is 10.8 Å². The first-order valence-electron chi connectivity index (χ1n) is 10.5. The number of benzene rings is 3. The van der Waals surface area contributed by atoms with Crippen molar-refractivity contribution in [1.29, 1.82) is 0 Å². The van der Waals surface area contributed by atoms with Crippen molar-refractivity contribution in [3.8, 4) is 0 Å². The van der Waals surface area contributed by atoms with E-state index in [1.807, 2.05) is 42.5 Å². The van der Waals surface area contributed by atoms with Crippen molar-refractivity contribution in [2.75, 3.05) is 4.90 Å². The molecule has 0 saturated heterocycles.